The lowest BCUT2D eigenvalue weighted by molar-refractivity contribution is -0.123. The first-order valence-electron chi connectivity index (χ1n) is 11.4. The van der Waals surface area contributed by atoms with Gasteiger partial charge in [-0.15, -0.1) is 24.0 Å². The van der Waals surface area contributed by atoms with E-state index in [2.05, 4.69) is 39.7 Å². The summed E-state index contributed by atoms with van der Waals surface area (Å²) in [5, 5.41) is 9.54. The Morgan fingerprint density at radius 1 is 1.15 bits per heavy atom. The van der Waals surface area contributed by atoms with Gasteiger partial charge in [0.1, 0.15) is 0 Å². The number of hydrogen-bond acceptors (Lipinski definition) is 5. The highest BCUT2D eigenvalue weighted by atomic mass is 127. The summed E-state index contributed by atoms with van der Waals surface area (Å²) in [6.45, 7) is 10.6. The first kappa shape index (κ1) is 27.3. The second-order valence-electron chi connectivity index (χ2n) is 8.54. The molecule has 2 aliphatic rings. The van der Waals surface area contributed by atoms with Gasteiger partial charge in [-0.25, -0.2) is 0 Å². The number of carbonyl (C=O) groups excluding carboxylic acids is 2. The van der Waals surface area contributed by atoms with Crippen LogP contribution in [0.1, 0.15) is 29.8 Å². The number of piperazine rings is 1. The molecule has 1 aromatic rings. The monoisotopic (exact) mass is 572 g/mol. The number of carbonyl (C=O) groups is 2. The lowest BCUT2D eigenvalue weighted by atomic mass is 10.0. The smallest absolute Gasteiger partial charge is 0.254 e. The molecule has 2 heterocycles. The van der Waals surface area contributed by atoms with E-state index in [1.807, 2.05) is 24.3 Å². The van der Waals surface area contributed by atoms with E-state index in [1.54, 1.807) is 11.9 Å². The summed E-state index contributed by atoms with van der Waals surface area (Å²) in [6, 6.07) is 7.91. The molecule has 0 aliphatic carbocycles. The van der Waals surface area contributed by atoms with Crippen LogP contribution in [0.3, 0.4) is 0 Å². The zero-order valence-electron chi connectivity index (χ0n) is 19.8. The van der Waals surface area contributed by atoms with Crippen molar-refractivity contribution >= 4 is 41.8 Å². The summed E-state index contributed by atoms with van der Waals surface area (Å²) < 4.78 is 5.49. The zero-order chi connectivity index (χ0) is 22.9. The van der Waals surface area contributed by atoms with Crippen LogP contribution >= 0.6 is 24.0 Å². The molecule has 2 saturated heterocycles. The van der Waals surface area contributed by atoms with Crippen molar-refractivity contribution in [3.63, 3.8) is 0 Å². The van der Waals surface area contributed by atoms with Crippen molar-refractivity contribution in [2.45, 2.75) is 26.4 Å². The van der Waals surface area contributed by atoms with E-state index in [0.717, 1.165) is 44.4 Å². The molecule has 2 aliphatic heterocycles. The Morgan fingerprint density at radius 2 is 1.85 bits per heavy atom. The van der Waals surface area contributed by atoms with Crippen LogP contribution in [0.25, 0.3) is 0 Å². The van der Waals surface area contributed by atoms with Crippen LogP contribution in [0, 0.1) is 5.92 Å². The Morgan fingerprint density at radius 3 is 2.45 bits per heavy atom. The van der Waals surface area contributed by atoms with Crippen LogP contribution in [0.15, 0.2) is 29.3 Å². The number of nitrogens with one attached hydrogen (secondary N) is 3. The fourth-order valence-electron chi connectivity index (χ4n) is 4.06. The Hall–Kier alpha value is -1.92. The summed E-state index contributed by atoms with van der Waals surface area (Å²) in [5.74, 6) is 1.05. The molecule has 1 atom stereocenters. The maximum absolute atomic E-state index is 12.6. The highest BCUT2D eigenvalue weighted by Gasteiger charge is 2.24. The minimum atomic E-state index is -0.113. The lowest BCUT2D eigenvalue weighted by Gasteiger charge is -2.37. The largest absolute Gasteiger partial charge is 0.379 e. The summed E-state index contributed by atoms with van der Waals surface area (Å²) in [7, 11) is 1.77. The molecular formula is C23H37IN6O3. The molecule has 0 aromatic heterocycles. The Bertz CT molecular complexity index is 796. The summed E-state index contributed by atoms with van der Waals surface area (Å²) in [5.41, 5.74) is 1.64. The molecule has 1 aromatic carbocycles. The molecule has 0 spiro atoms. The van der Waals surface area contributed by atoms with Crippen molar-refractivity contribution in [3.05, 3.63) is 35.4 Å². The minimum Gasteiger partial charge on any atom is -0.379 e. The molecule has 184 valence electrons. The van der Waals surface area contributed by atoms with E-state index in [1.165, 1.54) is 0 Å². The van der Waals surface area contributed by atoms with Gasteiger partial charge in [-0.1, -0.05) is 26.0 Å². The fraction of sp³-hybridized carbons (Fsp3) is 0.609. The first-order valence-corrected chi connectivity index (χ1v) is 11.4. The van der Waals surface area contributed by atoms with E-state index >= 15 is 0 Å². The fourth-order valence-corrected chi connectivity index (χ4v) is 4.06. The van der Waals surface area contributed by atoms with Gasteiger partial charge in [-0.05, 0) is 23.6 Å². The maximum atomic E-state index is 12.6. The second-order valence-corrected chi connectivity index (χ2v) is 8.54. The van der Waals surface area contributed by atoms with E-state index in [9.17, 15) is 9.59 Å². The van der Waals surface area contributed by atoms with Crippen LogP contribution in [0.5, 0.6) is 0 Å². The molecule has 3 N–H and O–H groups in total. The Balaban J connectivity index is 0.00000385. The number of hydrogen-bond donors (Lipinski definition) is 3. The van der Waals surface area contributed by atoms with Gasteiger partial charge >= 0.3 is 0 Å². The molecule has 0 radical (unpaired) electrons. The van der Waals surface area contributed by atoms with Gasteiger partial charge in [0.25, 0.3) is 5.91 Å². The summed E-state index contributed by atoms with van der Waals surface area (Å²) >= 11 is 0. The molecule has 1 unspecified atom stereocenters. The number of morpholine rings is 1. The van der Waals surface area contributed by atoms with Gasteiger partial charge in [0.05, 0.1) is 19.8 Å². The van der Waals surface area contributed by atoms with Crippen LogP contribution < -0.4 is 16.0 Å². The van der Waals surface area contributed by atoms with Crippen molar-refractivity contribution < 1.29 is 14.3 Å². The highest BCUT2D eigenvalue weighted by Crippen LogP contribution is 2.12. The topological polar surface area (TPSA) is 98.3 Å². The van der Waals surface area contributed by atoms with Crippen LogP contribution in [-0.4, -0.2) is 93.1 Å². The molecule has 10 heteroatoms. The van der Waals surface area contributed by atoms with Crippen molar-refractivity contribution in [1.82, 2.24) is 25.8 Å². The normalized spacial score (nSPS) is 18.4. The number of ether oxygens (including phenoxy) is 1. The van der Waals surface area contributed by atoms with Crippen LogP contribution in [0.4, 0.5) is 0 Å². The average Bonchev–Trinajstić information content (AvgIpc) is 2.81. The van der Waals surface area contributed by atoms with Gasteiger partial charge < -0.3 is 25.6 Å². The molecule has 3 rings (SSSR count). The molecule has 33 heavy (non-hydrogen) atoms. The minimum absolute atomic E-state index is 0. The number of amides is 2. The predicted molar refractivity (Wildman–Crippen MR) is 140 cm³/mol. The number of aliphatic imine (C=N–C) groups is 1. The van der Waals surface area contributed by atoms with Gasteiger partial charge in [0.2, 0.25) is 5.91 Å². The van der Waals surface area contributed by atoms with Gasteiger partial charge in [-0.2, -0.15) is 0 Å². The third-order valence-electron chi connectivity index (χ3n) is 5.97. The number of halogens is 1. The van der Waals surface area contributed by atoms with E-state index in [4.69, 9.17) is 4.74 Å². The number of rotatable bonds is 7. The molecular weight excluding hydrogens is 535 g/mol. The van der Waals surface area contributed by atoms with Crippen molar-refractivity contribution in [2.75, 3.05) is 59.5 Å². The third kappa shape index (κ3) is 8.11. The maximum Gasteiger partial charge on any atom is 0.254 e. The van der Waals surface area contributed by atoms with Crippen molar-refractivity contribution in [3.8, 4) is 0 Å². The highest BCUT2D eigenvalue weighted by molar-refractivity contribution is 14.0. The SMILES string of the molecule is CN=C(NCc1ccc(C(=O)N2CCNC(=O)C2)cc1)NCC(C(C)C)N1CCOCC1.I. The van der Waals surface area contributed by atoms with Crippen molar-refractivity contribution in [2.24, 2.45) is 10.9 Å². The van der Waals surface area contributed by atoms with Crippen LogP contribution in [-0.2, 0) is 16.1 Å². The summed E-state index contributed by atoms with van der Waals surface area (Å²) in [4.78, 5) is 32.5. The second kappa shape index (κ2) is 13.7. The van der Waals surface area contributed by atoms with Gasteiger partial charge in [-0.3, -0.25) is 19.5 Å². The van der Waals surface area contributed by atoms with E-state index in [-0.39, 0.29) is 42.3 Å². The number of guanidine groups is 1. The van der Waals surface area contributed by atoms with Crippen LogP contribution in [0.2, 0.25) is 0 Å². The Labute approximate surface area is 213 Å². The lowest BCUT2D eigenvalue weighted by Crippen LogP contribution is -2.52. The van der Waals surface area contributed by atoms with E-state index in [0.29, 0.717) is 37.2 Å². The Kier molecular flexibility index (Phi) is 11.3. The molecule has 0 saturated carbocycles. The molecule has 9 nitrogen and oxygen atoms in total. The number of benzene rings is 1. The number of nitrogens with zero attached hydrogens (tertiary/aromatic N) is 3. The average molecular weight is 572 g/mol. The van der Waals surface area contributed by atoms with Gasteiger partial charge in [0.15, 0.2) is 5.96 Å². The zero-order valence-corrected chi connectivity index (χ0v) is 22.1. The van der Waals surface area contributed by atoms with Crippen molar-refractivity contribution in [1.29, 1.82) is 0 Å². The predicted octanol–water partition coefficient (Wildman–Crippen LogP) is 0.898. The van der Waals surface area contributed by atoms with Gasteiger partial charge in [0, 0.05) is 57.9 Å². The molecule has 2 fully saturated rings. The van der Waals surface area contributed by atoms with E-state index < -0.39 is 0 Å². The first-order chi connectivity index (χ1) is 15.5. The molecule has 2 amide bonds. The standard InChI is InChI=1S/C23H36N6O3.HI/c1-17(2)20(28-10-12-32-13-11-28)15-27-23(24-3)26-14-18-4-6-19(7-5-18)22(31)29-9-8-25-21(30)16-29;/h4-7,17,20H,8-16H2,1-3H3,(H,25,30)(H2,24,26,27);1H. The third-order valence-corrected chi connectivity index (χ3v) is 5.97. The summed E-state index contributed by atoms with van der Waals surface area (Å²) in [6.07, 6.45) is 0. The quantitative estimate of drug-likeness (QED) is 0.255. The molecule has 0 bridgehead atoms.